The standard InChI is InChI=1S/C20H27ClN2O2/c1-13(2)9-10-22-11-17-14(3)23(15(4)19(17)20(24)25)12-16-7-5-6-8-18(16)21/h5-8,13,22H,9-12H2,1-4H3,(H,24,25). The maximum atomic E-state index is 11.8. The van der Waals surface area contributed by atoms with Gasteiger partial charge in [0.1, 0.15) is 0 Å². The quantitative estimate of drug-likeness (QED) is 0.672. The molecule has 136 valence electrons. The smallest absolute Gasteiger partial charge is 0.337 e. The molecule has 0 bridgehead atoms. The van der Waals surface area contributed by atoms with Crippen molar-refractivity contribution in [3.8, 4) is 0 Å². The molecule has 2 rings (SSSR count). The molecule has 25 heavy (non-hydrogen) atoms. The van der Waals surface area contributed by atoms with Gasteiger partial charge in [-0.1, -0.05) is 43.6 Å². The van der Waals surface area contributed by atoms with Crippen LogP contribution in [0.3, 0.4) is 0 Å². The van der Waals surface area contributed by atoms with Crippen LogP contribution < -0.4 is 5.32 Å². The van der Waals surface area contributed by atoms with E-state index < -0.39 is 5.97 Å². The van der Waals surface area contributed by atoms with Crippen LogP contribution in [0.15, 0.2) is 24.3 Å². The average Bonchev–Trinajstić information content (AvgIpc) is 2.77. The Hall–Kier alpha value is -1.78. The number of nitrogens with zero attached hydrogens (tertiary/aromatic N) is 1. The minimum atomic E-state index is -0.876. The van der Waals surface area contributed by atoms with Gasteiger partial charge in [0.05, 0.1) is 5.56 Å². The first kappa shape index (κ1) is 19.5. The number of carboxylic acids is 1. The number of aromatic nitrogens is 1. The molecule has 0 saturated carbocycles. The molecule has 1 heterocycles. The number of carbonyl (C=O) groups is 1. The third-order valence-electron chi connectivity index (χ3n) is 4.61. The second kappa shape index (κ2) is 8.54. The van der Waals surface area contributed by atoms with Crippen LogP contribution in [0.1, 0.15) is 53.1 Å². The van der Waals surface area contributed by atoms with Crippen molar-refractivity contribution in [3.05, 3.63) is 57.4 Å². The second-order valence-corrected chi connectivity index (χ2v) is 7.27. The van der Waals surface area contributed by atoms with Crippen molar-refractivity contribution < 1.29 is 9.90 Å². The summed E-state index contributed by atoms with van der Waals surface area (Å²) < 4.78 is 2.05. The molecule has 0 unspecified atom stereocenters. The lowest BCUT2D eigenvalue weighted by molar-refractivity contribution is 0.0694. The Labute approximate surface area is 154 Å². The summed E-state index contributed by atoms with van der Waals surface area (Å²) in [5.74, 6) is -0.252. The van der Waals surface area contributed by atoms with Gasteiger partial charge in [0.2, 0.25) is 0 Å². The predicted molar refractivity (Wildman–Crippen MR) is 103 cm³/mol. The van der Waals surface area contributed by atoms with Crippen molar-refractivity contribution in [1.29, 1.82) is 0 Å². The van der Waals surface area contributed by atoms with Crippen LogP contribution in [0.4, 0.5) is 0 Å². The largest absolute Gasteiger partial charge is 0.478 e. The molecule has 0 spiro atoms. The van der Waals surface area contributed by atoms with Gasteiger partial charge < -0.3 is 15.0 Å². The molecule has 1 aromatic carbocycles. The number of nitrogens with one attached hydrogen (secondary N) is 1. The fourth-order valence-electron chi connectivity index (χ4n) is 3.09. The summed E-state index contributed by atoms with van der Waals surface area (Å²) in [5, 5.41) is 13.8. The van der Waals surface area contributed by atoms with Crippen molar-refractivity contribution in [1.82, 2.24) is 9.88 Å². The normalized spacial score (nSPS) is 11.3. The Morgan fingerprint density at radius 3 is 2.52 bits per heavy atom. The maximum absolute atomic E-state index is 11.8. The van der Waals surface area contributed by atoms with Crippen molar-refractivity contribution >= 4 is 17.6 Å². The SMILES string of the molecule is Cc1c(CNCCC(C)C)c(C(=O)O)c(C)n1Cc1ccccc1Cl. The zero-order valence-electron chi connectivity index (χ0n) is 15.4. The topological polar surface area (TPSA) is 54.3 Å². The van der Waals surface area contributed by atoms with Crippen LogP contribution in [-0.4, -0.2) is 22.2 Å². The fraction of sp³-hybridized carbons (Fsp3) is 0.450. The minimum Gasteiger partial charge on any atom is -0.478 e. The summed E-state index contributed by atoms with van der Waals surface area (Å²) in [5.41, 5.74) is 4.00. The van der Waals surface area contributed by atoms with Crippen molar-refractivity contribution in [2.24, 2.45) is 5.92 Å². The lowest BCUT2D eigenvalue weighted by atomic mass is 10.1. The lowest BCUT2D eigenvalue weighted by Crippen LogP contribution is -2.18. The summed E-state index contributed by atoms with van der Waals surface area (Å²) in [7, 11) is 0. The molecule has 2 N–H and O–H groups in total. The van der Waals surface area contributed by atoms with Crippen LogP contribution in [0, 0.1) is 19.8 Å². The summed E-state index contributed by atoms with van der Waals surface area (Å²) in [4.78, 5) is 11.8. The molecule has 0 aliphatic heterocycles. The van der Waals surface area contributed by atoms with Gasteiger partial charge >= 0.3 is 5.97 Å². The Morgan fingerprint density at radius 2 is 1.92 bits per heavy atom. The molecule has 4 nitrogen and oxygen atoms in total. The van der Waals surface area contributed by atoms with Gasteiger partial charge in [-0.05, 0) is 44.4 Å². The van der Waals surface area contributed by atoms with E-state index in [0.717, 1.165) is 35.5 Å². The molecule has 0 atom stereocenters. The van der Waals surface area contributed by atoms with Crippen molar-refractivity contribution in [2.75, 3.05) is 6.54 Å². The molecule has 0 aliphatic carbocycles. The van der Waals surface area contributed by atoms with Gasteiger partial charge in [0.15, 0.2) is 0 Å². The van der Waals surface area contributed by atoms with E-state index in [4.69, 9.17) is 11.6 Å². The van der Waals surface area contributed by atoms with E-state index in [-0.39, 0.29) is 0 Å². The van der Waals surface area contributed by atoms with Crippen LogP contribution >= 0.6 is 11.6 Å². The molecule has 0 aliphatic rings. The lowest BCUT2D eigenvalue weighted by Gasteiger charge is -2.12. The molecule has 0 radical (unpaired) electrons. The fourth-order valence-corrected chi connectivity index (χ4v) is 3.28. The third-order valence-corrected chi connectivity index (χ3v) is 4.98. The highest BCUT2D eigenvalue weighted by molar-refractivity contribution is 6.31. The number of hydrogen-bond donors (Lipinski definition) is 2. The van der Waals surface area contributed by atoms with Gasteiger partial charge in [0.25, 0.3) is 0 Å². The van der Waals surface area contributed by atoms with Crippen LogP contribution in [-0.2, 0) is 13.1 Å². The van der Waals surface area contributed by atoms with E-state index in [1.165, 1.54) is 0 Å². The van der Waals surface area contributed by atoms with Gasteiger partial charge in [-0.3, -0.25) is 0 Å². The van der Waals surface area contributed by atoms with Crippen LogP contribution in [0.2, 0.25) is 5.02 Å². The van der Waals surface area contributed by atoms with E-state index >= 15 is 0 Å². The molecule has 1 aromatic heterocycles. The number of benzene rings is 1. The molecule has 2 aromatic rings. The number of rotatable bonds is 8. The highest BCUT2D eigenvalue weighted by atomic mass is 35.5. The Bertz CT molecular complexity index is 750. The minimum absolute atomic E-state index is 0.404. The Balaban J connectivity index is 2.30. The first-order valence-electron chi connectivity index (χ1n) is 8.68. The monoisotopic (exact) mass is 362 g/mol. The summed E-state index contributed by atoms with van der Waals surface area (Å²) in [6.45, 7) is 10.2. The molecule has 0 saturated heterocycles. The predicted octanol–water partition coefficient (Wildman–Crippen LogP) is 4.64. The van der Waals surface area contributed by atoms with Gasteiger partial charge in [-0.15, -0.1) is 0 Å². The third kappa shape index (κ3) is 4.65. The van der Waals surface area contributed by atoms with E-state index in [1.807, 2.05) is 42.7 Å². The van der Waals surface area contributed by atoms with Crippen LogP contribution in [0.5, 0.6) is 0 Å². The first-order chi connectivity index (χ1) is 11.8. The van der Waals surface area contributed by atoms with Crippen LogP contribution in [0.25, 0.3) is 0 Å². The zero-order valence-corrected chi connectivity index (χ0v) is 16.2. The van der Waals surface area contributed by atoms with Gasteiger partial charge in [-0.2, -0.15) is 0 Å². The first-order valence-corrected chi connectivity index (χ1v) is 9.06. The Morgan fingerprint density at radius 1 is 1.24 bits per heavy atom. The summed E-state index contributed by atoms with van der Waals surface area (Å²) in [6, 6.07) is 7.68. The van der Waals surface area contributed by atoms with Gasteiger partial charge in [0, 0.05) is 35.1 Å². The number of hydrogen-bond acceptors (Lipinski definition) is 2. The number of aromatic carboxylic acids is 1. The highest BCUT2D eigenvalue weighted by Crippen LogP contribution is 2.25. The van der Waals surface area contributed by atoms with Crippen molar-refractivity contribution in [3.63, 3.8) is 0 Å². The van der Waals surface area contributed by atoms with E-state index in [9.17, 15) is 9.90 Å². The Kier molecular flexibility index (Phi) is 6.68. The highest BCUT2D eigenvalue weighted by Gasteiger charge is 2.22. The van der Waals surface area contributed by atoms with E-state index in [1.54, 1.807) is 0 Å². The molecular weight excluding hydrogens is 336 g/mol. The molecule has 0 fully saturated rings. The maximum Gasteiger partial charge on any atom is 0.337 e. The van der Waals surface area contributed by atoms with E-state index in [0.29, 0.717) is 29.6 Å². The molecule has 0 amide bonds. The average molecular weight is 363 g/mol. The summed E-state index contributed by atoms with van der Waals surface area (Å²) >= 11 is 6.28. The molecular formula is C20H27ClN2O2. The van der Waals surface area contributed by atoms with E-state index in [2.05, 4.69) is 19.2 Å². The second-order valence-electron chi connectivity index (χ2n) is 6.87. The molecule has 5 heteroatoms. The number of carboxylic acid groups (broad SMARTS) is 1. The number of halogens is 1. The zero-order chi connectivity index (χ0) is 18.6. The van der Waals surface area contributed by atoms with Crippen molar-refractivity contribution in [2.45, 2.75) is 47.2 Å². The van der Waals surface area contributed by atoms with Gasteiger partial charge in [-0.25, -0.2) is 4.79 Å². The summed E-state index contributed by atoms with van der Waals surface area (Å²) in [6.07, 6.45) is 1.07.